The molecule has 0 aliphatic heterocycles. The molecule has 0 aliphatic rings. The lowest BCUT2D eigenvalue weighted by atomic mass is 10.2. The van der Waals surface area contributed by atoms with Crippen molar-refractivity contribution in [2.24, 2.45) is 0 Å². The Hall–Kier alpha value is -9.04. The van der Waals surface area contributed by atoms with Crippen LogP contribution in [0.2, 0.25) is 0 Å². The molecule has 99 heavy (non-hydrogen) atoms. The molecule has 0 bridgehead atoms. The van der Waals surface area contributed by atoms with E-state index in [0.29, 0.717) is 15.0 Å². The van der Waals surface area contributed by atoms with Gasteiger partial charge >= 0.3 is 12.3 Å². The zero-order valence-corrected chi connectivity index (χ0v) is 55.4. The summed E-state index contributed by atoms with van der Waals surface area (Å²) in [6.07, 6.45) is -2.03. The van der Waals surface area contributed by atoms with E-state index < -0.39 is 119 Å². The Morgan fingerprint density at radius 2 is 0.727 bits per heavy atom. The van der Waals surface area contributed by atoms with Gasteiger partial charge in [0.2, 0.25) is 0 Å². The van der Waals surface area contributed by atoms with Gasteiger partial charge in [-0.3, -0.25) is 50.6 Å². The summed E-state index contributed by atoms with van der Waals surface area (Å²) in [5, 5.41) is 78.1. The maximum absolute atomic E-state index is 13.3. The summed E-state index contributed by atoms with van der Waals surface area (Å²) in [5.74, 6) is -8.29. The van der Waals surface area contributed by atoms with E-state index in [1.807, 2.05) is 0 Å². The summed E-state index contributed by atoms with van der Waals surface area (Å²) >= 11 is 17.4. The Labute approximate surface area is 617 Å². The first-order valence-corrected chi connectivity index (χ1v) is 28.1. The quantitative estimate of drug-likeness (QED) is 0.0377. The van der Waals surface area contributed by atoms with Crippen LogP contribution in [-0.2, 0) is 9.47 Å². The number of phenols is 2. The number of carbonyl (C=O) groups excluding carboxylic acids is 2. The lowest BCUT2D eigenvalue weighted by Gasteiger charge is -2.05. The number of nitrogens with zero attached hydrogens (tertiary/aromatic N) is 6. The Morgan fingerprint density at radius 3 is 1.06 bits per heavy atom. The molecule has 7 aromatic rings. The fourth-order valence-electron chi connectivity index (χ4n) is 5.41. The van der Waals surface area contributed by atoms with E-state index in [2.05, 4.69) is 129 Å². The predicted molar refractivity (Wildman–Crippen MR) is 374 cm³/mol. The van der Waals surface area contributed by atoms with Crippen molar-refractivity contribution in [3.05, 3.63) is 221 Å². The normalized spacial score (nSPS) is 9.56. The molecule has 0 saturated heterocycles. The van der Waals surface area contributed by atoms with Gasteiger partial charge in [-0.1, -0.05) is 83.8 Å². The van der Waals surface area contributed by atoms with Gasteiger partial charge in [0.15, 0.2) is 81.0 Å². The van der Waals surface area contributed by atoms with E-state index in [-0.39, 0.29) is 123 Å². The van der Waals surface area contributed by atoms with Crippen LogP contribution in [0.4, 0.5) is 68.8 Å². The van der Waals surface area contributed by atoms with Crippen molar-refractivity contribution in [1.82, 2.24) is 0 Å². The van der Waals surface area contributed by atoms with Crippen LogP contribution in [0.1, 0.15) is 75.5 Å². The number of hydrogen-bond acceptors (Lipinski definition) is 22. The van der Waals surface area contributed by atoms with Crippen LogP contribution < -0.4 is 23.7 Å². The number of carbonyl (C=O) groups is 2. The minimum Gasteiger partial charge on any atom is -0.505 e. The summed E-state index contributed by atoms with van der Waals surface area (Å²) in [7, 11) is -0.424. The molecule has 0 aliphatic carbocycles. The average molecular weight is 1810 g/mol. The molecule has 0 spiro atoms. The van der Waals surface area contributed by atoms with E-state index in [1.54, 1.807) is 26.0 Å². The number of nitriles is 1. The highest BCUT2D eigenvalue weighted by Crippen LogP contribution is 2.35. The van der Waals surface area contributed by atoms with Crippen LogP contribution in [-0.4, -0.2) is 81.6 Å². The third-order valence-corrected chi connectivity index (χ3v) is 13.0. The van der Waals surface area contributed by atoms with Gasteiger partial charge in [-0.05, 0) is 138 Å². The highest BCUT2D eigenvalue weighted by Gasteiger charge is 2.23. The van der Waals surface area contributed by atoms with Crippen molar-refractivity contribution in [2.45, 2.75) is 65.8 Å². The first-order chi connectivity index (χ1) is 44.2. The van der Waals surface area contributed by atoms with E-state index in [0.717, 1.165) is 54.6 Å². The number of ether oxygens (including phenoxy) is 7. The van der Waals surface area contributed by atoms with Crippen LogP contribution >= 0.6 is 95.6 Å². The predicted octanol–water partition coefficient (Wildman–Crippen LogP) is 21.7. The number of nitro benzene ring substituents is 5. The molecular formula is C59H65Br6F7N6O21. The van der Waals surface area contributed by atoms with Crippen molar-refractivity contribution < 1.29 is 112 Å². The van der Waals surface area contributed by atoms with Gasteiger partial charge in [0.05, 0.1) is 111 Å². The monoisotopic (exact) mass is 1800 g/mol. The number of phenolic OH excluding ortho intramolecular Hbond substituents is 2. The molecule has 0 radical (unpaired) electrons. The van der Waals surface area contributed by atoms with Crippen molar-refractivity contribution in [3.8, 4) is 46.3 Å². The fourth-order valence-corrected chi connectivity index (χ4v) is 7.91. The Balaban J connectivity index is -0.000000205. The second kappa shape index (κ2) is 51.2. The van der Waals surface area contributed by atoms with Gasteiger partial charge in [0, 0.05) is 15.0 Å². The summed E-state index contributed by atoms with van der Waals surface area (Å²) in [6.45, 7) is 3.43. The van der Waals surface area contributed by atoms with Gasteiger partial charge in [-0.15, -0.1) is 0 Å². The molecule has 0 fully saturated rings. The minimum absolute atomic E-state index is 0. The molecule has 0 heterocycles. The van der Waals surface area contributed by atoms with Gasteiger partial charge in [0.1, 0.15) is 11.6 Å². The summed E-state index contributed by atoms with van der Waals surface area (Å²) in [5.41, 5.74) is -2.27. The van der Waals surface area contributed by atoms with Crippen LogP contribution in [0.3, 0.4) is 0 Å². The SMILES string of the molecule is C.C.C.C.C.C.C.CCOC(=O)Oc1cc([N+](=O)[O-])c(Br)cc1F.CCOC(=O)Oc1ccc(Br)cc1F.COc1cc([N+](=O)[O-])c(Br)cc1F.COc1cc([N+](=O)[O-])c(C#N)cc1F.O=[N+]([O-])c1cc(O)c(F)cc1Br.Oc1ccc(Br)cc1F.[2H]C([2H])([2H])Oc1cc([N+](=O)[O-])c(Br)cc1F. The average Bonchev–Trinajstić information content (AvgIpc) is 0.860. The van der Waals surface area contributed by atoms with Crippen LogP contribution in [0.15, 0.2) is 124 Å². The summed E-state index contributed by atoms with van der Waals surface area (Å²) in [4.78, 5) is 70.3. The first kappa shape index (κ1) is 96.3. The molecule has 0 saturated carbocycles. The number of nitro groups is 5. The molecule has 0 amide bonds. The maximum atomic E-state index is 13.3. The molecule has 2 N–H and O–H groups in total. The topological polar surface area (TPSA) is 379 Å². The lowest BCUT2D eigenvalue weighted by Crippen LogP contribution is -2.11. The molecule has 27 nitrogen and oxygen atoms in total. The summed E-state index contributed by atoms with van der Waals surface area (Å²) < 4.78 is 143. The molecule has 40 heteroatoms. The highest BCUT2D eigenvalue weighted by atomic mass is 79.9. The Morgan fingerprint density at radius 1 is 0.434 bits per heavy atom. The zero-order chi connectivity index (χ0) is 72.9. The van der Waals surface area contributed by atoms with Crippen LogP contribution in [0.5, 0.6) is 40.2 Å². The third kappa shape index (κ3) is 34.8. The number of benzene rings is 7. The van der Waals surface area contributed by atoms with E-state index in [9.17, 15) is 90.9 Å². The summed E-state index contributed by atoms with van der Waals surface area (Å²) in [6, 6.07) is 18.1. The molecular weight excluding hydrogens is 1740 g/mol. The first-order valence-electron chi connectivity index (χ1n) is 24.8. The number of aromatic hydroxyl groups is 2. The van der Waals surface area contributed by atoms with Crippen LogP contribution in [0.25, 0.3) is 0 Å². The van der Waals surface area contributed by atoms with E-state index in [4.69, 9.17) is 19.6 Å². The minimum atomic E-state index is -2.86. The number of halogens is 13. The largest absolute Gasteiger partial charge is 0.513 e. The van der Waals surface area contributed by atoms with Gasteiger partial charge < -0.3 is 43.4 Å². The highest BCUT2D eigenvalue weighted by molar-refractivity contribution is 9.11. The Bertz CT molecular complexity index is 4010. The van der Waals surface area contributed by atoms with Gasteiger partial charge in [-0.2, -0.15) is 5.26 Å². The molecule has 548 valence electrons. The Kier molecular flexibility index (Phi) is 49.8. The zero-order valence-electron chi connectivity index (χ0n) is 48.9. The second-order valence-corrected chi connectivity index (χ2v) is 20.7. The molecule has 7 rings (SSSR count). The smallest absolute Gasteiger partial charge is 0.505 e. The fraction of sp³-hybridized carbons (Fsp3) is 0.237. The third-order valence-electron chi connectivity index (χ3n) is 9.44. The van der Waals surface area contributed by atoms with Crippen molar-refractivity contribution >= 4 is 136 Å². The molecule has 0 atom stereocenters. The van der Waals surface area contributed by atoms with Gasteiger partial charge in [-0.25, -0.2) is 40.3 Å². The van der Waals surface area contributed by atoms with Crippen molar-refractivity contribution in [2.75, 3.05) is 34.5 Å². The van der Waals surface area contributed by atoms with Crippen molar-refractivity contribution in [3.63, 3.8) is 0 Å². The number of methoxy groups -OCH3 is 3. The van der Waals surface area contributed by atoms with E-state index in [1.165, 1.54) is 44.6 Å². The standard InChI is InChI=1S/C9H7BrFNO5.C9H8BrFO3.C8H5FN2O3.2C7H5BrFNO3.C6H3BrFNO3.C6H4BrFO.7CH4/c1-2-16-9(13)17-8-4-7(12(14)15)5(10)3-6(8)11;1-2-13-9(12)14-8-4-3-6(10)5-7(8)11;1-14-8-3-7(11(12)13)5(4-10)2-6(8)9;2*1-13-7-3-6(10(11)12)4(8)2-5(7)9;7-3-1-4(8)6(10)2-5(3)9(11)12;7-4-1-2-6(9)5(8)3-4;;;;;;;/h3-4H,2H2,1H3;3-5H,2H2,1H3;2-3H,1H3;2*2-3H,1H3;1-2,10H;1-3,9H;7*1H4/i;;;1D3;;;;;;;;;;. The lowest BCUT2D eigenvalue weighted by molar-refractivity contribution is -0.385. The molecule has 0 aromatic heterocycles. The molecule has 7 aromatic carbocycles. The van der Waals surface area contributed by atoms with Gasteiger partial charge in [0.25, 0.3) is 28.4 Å². The molecule has 0 unspecified atom stereocenters. The van der Waals surface area contributed by atoms with Crippen LogP contribution in [0, 0.1) is 103 Å². The number of rotatable bonds is 12. The number of hydrogen-bond donors (Lipinski definition) is 2. The second-order valence-electron chi connectivity index (χ2n) is 15.4. The van der Waals surface area contributed by atoms with Crippen molar-refractivity contribution in [1.29, 1.82) is 5.26 Å². The van der Waals surface area contributed by atoms with E-state index >= 15 is 0 Å². The maximum Gasteiger partial charge on any atom is 0.513 e.